The summed E-state index contributed by atoms with van der Waals surface area (Å²) < 4.78 is 15.4. The maximum Gasteiger partial charge on any atom is 0.338 e. The van der Waals surface area contributed by atoms with Gasteiger partial charge in [-0.3, -0.25) is 14.2 Å². The Morgan fingerprint density at radius 1 is 0.875 bits per heavy atom. The van der Waals surface area contributed by atoms with E-state index in [0.717, 1.165) is 22.1 Å². The summed E-state index contributed by atoms with van der Waals surface area (Å²) in [5.74, 6) is -0.485. The predicted molar refractivity (Wildman–Crippen MR) is 159 cm³/mol. The van der Waals surface area contributed by atoms with Crippen molar-refractivity contribution in [1.82, 2.24) is 9.13 Å². The van der Waals surface area contributed by atoms with Gasteiger partial charge in [0.25, 0.3) is 11.5 Å². The van der Waals surface area contributed by atoms with Gasteiger partial charge in [-0.25, -0.2) is 4.79 Å². The highest BCUT2D eigenvalue weighted by atomic mass is 127. The molecule has 1 aromatic heterocycles. The van der Waals surface area contributed by atoms with E-state index >= 15 is 0 Å². The summed E-state index contributed by atoms with van der Waals surface area (Å²) in [6.07, 6.45) is 2.91. The zero-order chi connectivity index (χ0) is 27.7. The van der Waals surface area contributed by atoms with Crippen molar-refractivity contribution < 1.29 is 14.3 Å². The number of aromatic nitrogens is 2. The first-order chi connectivity index (χ1) is 19.5. The van der Waals surface area contributed by atoms with Crippen LogP contribution in [0.4, 0.5) is 0 Å². The van der Waals surface area contributed by atoms with Gasteiger partial charge in [-0.05, 0) is 64.6 Å². The van der Waals surface area contributed by atoms with Gasteiger partial charge in [-0.1, -0.05) is 78.9 Å². The molecule has 204 valence electrons. The second-order valence-electron chi connectivity index (χ2n) is 10.6. The summed E-state index contributed by atoms with van der Waals surface area (Å²) in [5.41, 5.74) is 1.03. The minimum absolute atomic E-state index is 0.131. The summed E-state index contributed by atoms with van der Waals surface area (Å²) >= 11 is 1.91. The molecule has 7 nitrogen and oxygen atoms in total. The van der Waals surface area contributed by atoms with Crippen LogP contribution >= 0.6 is 22.6 Å². The van der Waals surface area contributed by atoms with Crippen molar-refractivity contribution >= 4 is 28.5 Å². The monoisotopic (exact) mass is 648 g/mol. The third kappa shape index (κ3) is 5.11. The topological polar surface area (TPSA) is 79.5 Å². The number of hydrogen-bond donors (Lipinski definition) is 0. The van der Waals surface area contributed by atoms with Crippen LogP contribution in [0.5, 0.6) is 0 Å². The van der Waals surface area contributed by atoms with E-state index in [1.54, 1.807) is 41.1 Å². The van der Waals surface area contributed by atoms with Gasteiger partial charge < -0.3 is 9.47 Å². The highest BCUT2D eigenvalue weighted by Crippen LogP contribution is 2.68. The SMILES string of the molecule is O=C(c1ccccc1)n1c(=O)c(I)cn([C@H]2C[C@H](OCc3ccccc3)[C@]3(COCc4ccccc4)C[C@H]23)c1=O. The Labute approximate surface area is 245 Å². The van der Waals surface area contributed by atoms with Crippen LogP contribution in [0.25, 0.3) is 0 Å². The summed E-state index contributed by atoms with van der Waals surface area (Å²) in [5, 5.41) is 0. The van der Waals surface area contributed by atoms with Crippen LogP contribution in [0.15, 0.2) is 107 Å². The Morgan fingerprint density at radius 2 is 1.48 bits per heavy atom. The summed E-state index contributed by atoms with van der Waals surface area (Å²) in [4.78, 5) is 40.0. The second-order valence-corrected chi connectivity index (χ2v) is 11.8. The predicted octanol–water partition coefficient (Wildman–Crippen LogP) is 5.06. The highest BCUT2D eigenvalue weighted by molar-refractivity contribution is 14.1. The standard InChI is InChI=1S/C32H29IN2O5/c33-26-18-34(31(38)35(30(26)37)29(36)24-14-8-3-9-15-24)27-16-28(40-20-23-12-6-2-7-13-23)32(17-25(27)32)21-39-19-22-10-4-1-5-11-22/h1-15,18,25,27-28H,16-17,19-21H2/t25-,27+,28+,32+/m1/s1. The van der Waals surface area contributed by atoms with Gasteiger partial charge in [0.05, 0.1) is 29.5 Å². The number of ether oxygens (including phenoxy) is 2. The fourth-order valence-electron chi connectivity index (χ4n) is 6.03. The van der Waals surface area contributed by atoms with Gasteiger partial charge >= 0.3 is 5.69 Å². The van der Waals surface area contributed by atoms with Crippen molar-refractivity contribution in [3.8, 4) is 0 Å². The number of hydrogen-bond acceptors (Lipinski definition) is 5. The molecule has 3 aromatic carbocycles. The minimum atomic E-state index is -0.619. The van der Waals surface area contributed by atoms with E-state index in [2.05, 4.69) is 0 Å². The Hall–Kier alpha value is -3.34. The van der Waals surface area contributed by atoms with Crippen LogP contribution in [-0.2, 0) is 22.7 Å². The van der Waals surface area contributed by atoms with Gasteiger partial charge in [-0.2, -0.15) is 4.57 Å². The lowest BCUT2D eigenvalue weighted by atomic mass is 10.0. The molecule has 6 rings (SSSR count). The molecular weight excluding hydrogens is 619 g/mol. The van der Waals surface area contributed by atoms with Crippen LogP contribution < -0.4 is 11.2 Å². The molecule has 0 saturated heterocycles. The first kappa shape index (κ1) is 26.9. The third-order valence-corrected chi connectivity index (χ3v) is 8.91. The molecule has 0 bridgehead atoms. The molecule has 2 saturated carbocycles. The molecule has 0 N–H and O–H groups in total. The molecule has 0 amide bonds. The van der Waals surface area contributed by atoms with Crippen LogP contribution in [0.2, 0.25) is 0 Å². The second kappa shape index (κ2) is 11.3. The van der Waals surface area contributed by atoms with Crippen LogP contribution in [0.3, 0.4) is 0 Å². The first-order valence-electron chi connectivity index (χ1n) is 13.4. The van der Waals surface area contributed by atoms with Gasteiger partial charge in [-0.15, -0.1) is 0 Å². The average molecular weight is 648 g/mol. The number of halogens is 1. The highest BCUT2D eigenvalue weighted by Gasteiger charge is 2.68. The van der Waals surface area contributed by atoms with E-state index in [4.69, 9.17) is 9.47 Å². The summed E-state index contributed by atoms with van der Waals surface area (Å²) in [7, 11) is 0. The summed E-state index contributed by atoms with van der Waals surface area (Å²) in [6.45, 7) is 1.47. The van der Waals surface area contributed by atoms with Crippen LogP contribution in [0.1, 0.15) is 40.4 Å². The molecule has 0 radical (unpaired) electrons. The van der Waals surface area contributed by atoms with Crippen molar-refractivity contribution in [3.63, 3.8) is 0 Å². The van der Waals surface area contributed by atoms with Crippen molar-refractivity contribution in [1.29, 1.82) is 0 Å². The molecule has 2 aliphatic rings. The van der Waals surface area contributed by atoms with Crippen LogP contribution in [0, 0.1) is 14.9 Å². The molecule has 2 fully saturated rings. The number of benzene rings is 3. The quantitative estimate of drug-likeness (QED) is 0.238. The maximum atomic E-state index is 13.7. The smallest absolute Gasteiger partial charge is 0.338 e. The van der Waals surface area contributed by atoms with Crippen molar-refractivity contribution in [2.24, 2.45) is 11.3 Å². The third-order valence-electron chi connectivity index (χ3n) is 8.17. The Balaban J connectivity index is 1.30. The number of nitrogens with zero attached hydrogens (tertiary/aromatic N) is 2. The lowest BCUT2D eigenvalue weighted by Crippen LogP contribution is -2.46. The molecular formula is C32H29IN2O5. The van der Waals surface area contributed by atoms with E-state index in [1.165, 1.54) is 0 Å². The molecule has 0 unspecified atom stereocenters. The Bertz CT molecular complexity index is 1620. The van der Waals surface area contributed by atoms with Gasteiger partial charge in [0.15, 0.2) is 0 Å². The molecule has 0 spiro atoms. The molecule has 4 atom stereocenters. The fraction of sp³-hybridized carbons (Fsp3) is 0.281. The Kier molecular flexibility index (Phi) is 7.57. The zero-order valence-corrected chi connectivity index (χ0v) is 24.0. The average Bonchev–Trinajstić information content (AvgIpc) is 3.64. The van der Waals surface area contributed by atoms with E-state index in [1.807, 2.05) is 83.3 Å². The first-order valence-corrected chi connectivity index (χ1v) is 14.5. The van der Waals surface area contributed by atoms with Crippen molar-refractivity contribution in [2.45, 2.75) is 38.2 Å². The lowest BCUT2D eigenvalue weighted by Gasteiger charge is -2.24. The normalized spacial score (nSPS) is 23.1. The molecule has 4 aromatic rings. The van der Waals surface area contributed by atoms with E-state index in [-0.39, 0.29) is 23.5 Å². The maximum absolute atomic E-state index is 13.7. The molecule has 8 heteroatoms. The van der Waals surface area contributed by atoms with Crippen molar-refractivity contribution in [3.05, 3.63) is 138 Å². The van der Waals surface area contributed by atoms with Crippen LogP contribution in [-0.4, -0.2) is 27.8 Å². The number of carbonyl (C=O) groups is 1. The summed E-state index contributed by atoms with van der Waals surface area (Å²) in [6, 6.07) is 28.3. The van der Waals surface area contributed by atoms with E-state index in [0.29, 0.717) is 35.4 Å². The molecule has 2 aliphatic carbocycles. The number of rotatable bonds is 9. The molecule has 1 heterocycles. The molecule has 40 heavy (non-hydrogen) atoms. The Morgan fingerprint density at radius 3 is 2.12 bits per heavy atom. The number of carbonyl (C=O) groups excluding carboxylic acids is 1. The van der Waals surface area contributed by atoms with E-state index < -0.39 is 17.2 Å². The van der Waals surface area contributed by atoms with E-state index in [9.17, 15) is 14.4 Å². The van der Waals surface area contributed by atoms with Gasteiger partial charge in [0.1, 0.15) is 0 Å². The minimum Gasteiger partial charge on any atom is -0.376 e. The van der Waals surface area contributed by atoms with Gasteiger partial charge in [0, 0.05) is 23.2 Å². The van der Waals surface area contributed by atoms with Gasteiger partial charge in [0.2, 0.25) is 0 Å². The largest absolute Gasteiger partial charge is 0.376 e. The van der Waals surface area contributed by atoms with Crippen molar-refractivity contribution in [2.75, 3.05) is 6.61 Å². The zero-order valence-electron chi connectivity index (χ0n) is 21.8. The molecule has 0 aliphatic heterocycles. The fourth-order valence-corrected chi connectivity index (χ4v) is 6.57. The number of fused-ring (bicyclic) bond motifs is 1. The lowest BCUT2D eigenvalue weighted by molar-refractivity contribution is -0.0401.